The normalized spacial score (nSPS) is 12.1. The topological polar surface area (TPSA) is 54.9 Å². The van der Waals surface area contributed by atoms with E-state index >= 15 is 0 Å². The minimum absolute atomic E-state index is 0. The van der Waals surface area contributed by atoms with Crippen LogP contribution in [0.2, 0.25) is 0 Å². The molecule has 0 spiro atoms. The number of nitrogens with zero attached hydrogens (tertiary/aromatic N) is 1. The third-order valence-corrected chi connectivity index (χ3v) is 5.05. The summed E-state index contributed by atoms with van der Waals surface area (Å²) in [6.07, 6.45) is 0. The summed E-state index contributed by atoms with van der Waals surface area (Å²) in [6.45, 7) is 10.2. The molecule has 0 saturated heterocycles. The number of hydrogen-bond donors (Lipinski definition) is 2. The van der Waals surface area contributed by atoms with Gasteiger partial charge in [0.05, 0.1) is 25.8 Å². The first-order valence-electron chi connectivity index (χ1n) is 8.98. The molecule has 0 radical (unpaired) electrons. The van der Waals surface area contributed by atoms with Gasteiger partial charge in [0.2, 0.25) is 0 Å². The molecule has 0 saturated carbocycles. The first kappa shape index (κ1) is 23.6. The molecule has 27 heavy (non-hydrogen) atoms. The first-order chi connectivity index (χ1) is 12.6. The van der Waals surface area contributed by atoms with Crippen molar-refractivity contribution >= 4 is 41.3 Å². The molecule has 0 aliphatic carbocycles. The Balaban J connectivity index is 0.00000364. The van der Waals surface area contributed by atoms with E-state index in [1.807, 2.05) is 26.0 Å². The number of hydrogen-bond acceptors (Lipinski definition) is 4. The number of halogens is 1. The van der Waals surface area contributed by atoms with Crippen LogP contribution >= 0.6 is 35.3 Å². The molecule has 0 amide bonds. The predicted molar refractivity (Wildman–Crippen MR) is 125 cm³/mol. The molecule has 1 heterocycles. The summed E-state index contributed by atoms with van der Waals surface area (Å²) in [5.41, 5.74) is 2.42. The predicted octanol–water partition coefficient (Wildman–Crippen LogP) is 4.90. The maximum absolute atomic E-state index is 5.72. The minimum Gasteiger partial charge on any atom is -0.490 e. The average molecular weight is 503 g/mol. The molecule has 1 unspecified atom stereocenters. The van der Waals surface area contributed by atoms with Crippen LogP contribution in [0.25, 0.3) is 0 Å². The number of nitrogens with one attached hydrogen (secondary N) is 2. The van der Waals surface area contributed by atoms with Crippen molar-refractivity contribution in [2.75, 3.05) is 20.3 Å². The van der Waals surface area contributed by atoms with Gasteiger partial charge in [-0.1, -0.05) is 6.07 Å². The van der Waals surface area contributed by atoms with Gasteiger partial charge in [-0.3, -0.25) is 4.99 Å². The largest absolute Gasteiger partial charge is 0.490 e. The fourth-order valence-electron chi connectivity index (χ4n) is 2.57. The van der Waals surface area contributed by atoms with Gasteiger partial charge >= 0.3 is 0 Å². The van der Waals surface area contributed by atoms with Crippen molar-refractivity contribution in [3.05, 3.63) is 45.6 Å². The van der Waals surface area contributed by atoms with Gasteiger partial charge in [-0.05, 0) is 62.4 Å². The maximum atomic E-state index is 5.72. The highest BCUT2D eigenvalue weighted by Crippen LogP contribution is 2.30. The summed E-state index contributed by atoms with van der Waals surface area (Å²) < 4.78 is 11.4. The zero-order valence-electron chi connectivity index (χ0n) is 16.7. The number of aryl methyl sites for hydroxylation is 1. The minimum atomic E-state index is 0. The molecule has 1 atom stereocenters. The summed E-state index contributed by atoms with van der Waals surface area (Å²) in [4.78, 5) is 5.65. The van der Waals surface area contributed by atoms with Gasteiger partial charge in [0, 0.05) is 11.9 Å². The molecule has 0 fully saturated rings. The summed E-state index contributed by atoms with van der Waals surface area (Å²) >= 11 is 1.76. The Labute approximate surface area is 183 Å². The third-order valence-electron chi connectivity index (χ3n) is 4.03. The van der Waals surface area contributed by atoms with Gasteiger partial charge in [0.1, 0.15) is 0 Å². The SMILES string of the molecule is CCOc1ccc(C(C)NC(=NC)NCc2sccc2C)cc1OCC.I. The molecule has 2 rings (SSSR count). The second-order valence-corrected chi connectivity index (χ2v) is 6.89. The quantitative estimate of drug-likeness (QED) is 0.306. The summed E-state index contributed by atoms with van der Waals surface area (Å²) in [5.74, 6) is 2.33. The lowest BCUT2D eigenvalue weighted by atomic mass is 10.1. The van der Waals surface area contributed by atoms with Crippen molar-refractivity contribution in [1.29, 1.82) is 0 Å². The van der Waals surface area contributed by atoms with Crippen LogP contribution in [0.3, 0.4) is 0 Å². The fraction of sp³-hybridized carbons (Fsp3) is 0.450. The molecular formula is C20H30IN3O2S. The van der Waals surface area contributed by atoms with Crippen LogP contribution in [-0.4, -0.2) is 26.2 Å². The Morgan fingerprint density at radius 2 is 1.85 bits per heavy atom. The van der Waals surface area contributed by atoms with Crippen LogP contribution in [0.4, 0.5) is 0 Å². The molecule has 1 aromatic heterocycles. The van der Waals surface area contributed by atoms with Crippen LogP contribution in [-0.2, 0) is 6.54 Å². The van der Waals surface area contributed by atoms with Gasteiger partial charge in [-0.15, -0.1) is 35.3 Å². The lowest BCUT2D eigenvalue weighted by Gasteiger charge is -2.20. The molecule has 0 bridgehead atoms. The lowest BCUT2D eigenvalue weighted by Crippen LogP contribution is -2.38. The van der Waals surface area contributed by atoms with Crippen molar-refractivity contribution in [2.24, 2.45) is 4.99 Å². The number of benzene rings is 1. The van der Waals surface area contributed by atoms with Gasteiger partial charge < -0.3 is 20.1 Å². The average Bonchev–Trinajstić information content (AvgIpc) is 3.05. The summed E-state index contributed by atoms with van der Waals surface area (Å²) in [6, 6.07) is 8.27. The monoisotopic (exact) mass is 503 g/mol. The van der Waals surface area contributed by atoms with Crippen molar-refractivity contribution in [3.63, 3.8) is 0 Å². The Morgan fingerprint density at radius 3 is 2.44 bits per heavy atom. The summed E-state index contributed by atoms with van der Waals surface area (Å²) in [7, 11) is 1.78. The van der Waals surface area contributed by atoms with Crippen LogP contribution in [0, 0.1) is 6.92 Å². The zero-order chi connectivity index (χ0) is 18.9. The smallest absolute Gasteiger partial charge is 0.191 e. The van der Waals surface area contributed by atoms with Crippen molar-refractivity contribution in [2.45, 2.75) is 40.3 Å². The highest BCUT2D eigenvalue weighted by Gasteiger charge is 2.12. The van der Waals surface area contributed by atoms with E-state index in [-0.39, 0.29) is 30.0 Å². The Kier molecular flexibility index (Phi) is 10.5. The van der Waals surface area contributed by atoms with Gasteiger partial charge in [-0.25, -0.2) is 0 Å². The molecule has 7 heteroatoms. The number of ether oxygens (including phenoxy) is 2. The second kappa shape index (κ2) is 12.1. The zero-order valence-corrected chi connectivity index (χ0v) is 19.8. The second-order valence-electron chi connectivity index (χ2n) is 5.89. The number of rotatable bonds is 8. The molecule has 5 nitrogen and oxygen atoms in total. The number of thiophene rings is 1. The van der Waals surface area contributed by atoms with Crippen LogP contribution in [0.1, 0.15) is 42.8 Å². The van der Waals surface area contributed by atoms with E-state index in [0.29, 0.717) is 13.2 Å². The van der Waals surface area contributed by atoms with E-state index in [4.69, 9.17) is 9.47 Å². The van der Waals surface area contributed by atoms with E-state index in [1.165, 1.54) is 10.4 Å². The number of guanidine groups is 1. The molecule has 0 aliphatic heterocycles. The van der Waals surface area contributed by atoms with E-state index in [0.717, 1.165) is 29.6 Å². The Bertz CT molecular complexity index is 734. The molecular weight excluding hydrogens is 473 g/mol. The van der Waals surface area contributed by atoms with Crippen LogP contribution in [0.5, 0.6) is 11.5 Å². The van der Waals surface area contributed by atoms with Crippen molar-refractivity contribution in [1.82, 2.24) is 10.6 Å². The van der Waals surface area contributed by atoms with Gasteiger partial charge in [-0.2, -0.15) is 0 Å². The van der Waals surface area contributed by atoms with Gasteiger partial charge in [0.25, 0.3) is 0 Å². The van der Waals surface area contributed by atoms with E-state index in [1.54, 1.807) is 18.4 Å². The van der Waals surface area contributed by atoms with E-state index in [2.05, 4.69) is 47.0 Å². The number of aliphatic imine (C=N–C) groups is 1. The molecule has 2 aromatic rings. The molecule has 1 aromatic carbocycles. The maximum Gasteiger partial charge on any atom is 0.191 e. The van der Waals surface area contributed by atoms with Gasteiger partial charge in [0.15, 0.2) is 17.5 Å². The highest BCUT2D eigenvalue weighted by molar-refractivity contribution is 14.0. The molecule has 0 aliphatic rings. The third kappa shape index (κ3) is 6.88. The highest BCUT2D eigenvalue weighted by atomic mass is 127. The first-order valence-corrected chi connectivity index (χ1v) is 9.86. The van der Waals surface area contributed by atoms with Crippen LogP contribution in [0.15, 0.2) is 34.6 Å². The van der Waals surface area contributed by atoms with Crippen molar-refractivity contribution < 1.29 is 9.47 Å². The standard InChI is InChI=1S/C20H29N3O2S.HI/c1-6-24-17-9-8-16(12-18(17)25-7-2)15(4)23-20(21-5)22-13-19-14(3)10-11-26-19;/h8-12,15H,6-7,13H2,1-5H3,(H2,21,22,23);1H. The summed E-state index contributed by atoms with van der Waals surface area (Å²) in [5, 5.41) is 8.92. The Morgan fingerprint density at radius 1 is 1.15 bits per heavy atom. The Hall–Kier alpha value is -1.48. The van der Waals surface area contributed by atoms with Crippen LogP contribution < -0.4 is 20.1 Å². The lowest BCUT2D eigenvalue weighted by molar-refractivity contribution is 0.287. The molecule has 2 N–H and O–H groups in total. The van der Waals surface area contributed by atoms with E-state index < -0.39 is 0 Å². The molecule has 150 valence electrons. The fourth-order valence-corrected chi connectivity index (χ4v) is 3.42. The van der Waals surface area contributed by atoms with Crippen molar-refractivity contribution in [3.8, 4) is 11.5 Å². The van der Waals surface area contributed by atoms with E-state index in [9.17, 15) is 0 Å².